The van der Waals surface area contributed by atoms with E-state index in [2.05, 4.69) is 9.97 Å². The van der Waals surface area contributed by atoms with Crippen LogP contribution in [-0.4, -0.2) is 21.5 Å². The van der Waals surface area contributed by atoms with E-state index in [0.29, 0.717) is 5.16 Å². The molecule has 0 aliphatic heterocycles. The highest BCUT2D eigenvalue weighted by atomic mass is 32.2. The number of aryl methyl sites for hydroxylation is 2. The summed E-state index contributed by atoms with van der Waals surface area (Å²) in [5.74, 6) is 0.297. The van der Waals surface area contributed by atoms with Crippen LogP contribution in [-0.2, 0) is 0 Å². The maximum absolute atomic E-state index is 12.1. The van der Waals surface area contributed by atoms with Crippen LogP contribution >= 0.6 is 11.8 Å². The second-order valence-corrected chi connectivity index (χ2v) is 5.23. The van der Waals surface area contributed by atoms with Crippen LogP contribution in [0.1, 0.15) is 21.5 Å². The second-order valence-electron chi connectivity index (χ2n) is 4.27. The van der Waals surface area contributed by atoms with Crippen LogP contribution in [0.15, 0.2) is 40.4 Å². The molecule has 1 heterocycles. The average Bonchev–Trinajstić information content (AvgIpc) is 2.36. The van der Waals surface area contributed by atoms with Crippen LogP contribution in [0.5, 0.6) is 0 Å². The highest BCUT2D eigenvalue weighted by molar-refractivity contribution is 7.99. The SMILES string of the molecule is Cc1ccc(C(=O)CSc2nccc(=O)[nH]2)c(C)c1. The number of carbonyl (C=O) groups is 1. The molecular weight excluding hydrogens is 260 g/mol. The lowest BCUT2D eigenvalue weighted by atomic mass is 10.0. The second kappa shape index (κ2) is 5.84. The van der Waals surface area contributed by atoms with Crippen molar-refractivity contribution in [3.8, 4) is 0 Å². The largest absolute Gasteiger partial charge is 0.301 e. The number of hydrogen-bond donors (Lipinski definition) is 1. The number of nitrogens with one attached hydrogen (secondary N) is 1. The molecule has 0 amide bonds. The van der Waals surface area contributed by atoms with Crippen molar-refractivity contribution in [2.45, 2.75) is 19.0 Å². The van der Waals surface area contributed by atoms with E-state index in [-0.39, 0.29) is 17.1 Å². The Kier molecular flexibility index (Phi) is 4.16. The van der Waals surface area contributed by atoms with Crippen molar-refractivity contribution >= 4 is 17.5 Å². The molecule has 2 aromatic rings. The predicted octanol–water partition coefficient (Wildman–Crippen LogP) is 2.36. The van der Waals surface area contributed by atoms with Gasteiger partial charge >= 0.3 is 0 Å². The van der Waals surface area contributed by atoms with Crippen LogP contribution in [0, 0.1) is 13.8 Å². The zero-order chi connectivity index (χ0) is 13.8. The van der Waals surface area contributed by atoms with Gasteiger partial charge in [0.05, 0.1) is 5.75 Å². The van der Waals surface area contributed by atoms with Gasteiger partial charge in [-0.3, -0.25) is 9.59 Å². The monoisotopic (exact) mass is 274 g/mol. The molecule has 1 N–H and O–H groups in total. The summed E-state index contributed by atoms with van der Waals surface area (Å²) in [7, 11) is 0. The van der Waals surface area contributed by atoms with Crippen LogP contribution in [0.3, 0.4) is 0 Å². The summed E-state index contributed by atoms with van der Waals surface area (Å²) in [6.07, 6.45) is 1.43. The third kappa shape index (κ3) is 3.54. The Morgan fingerprint density at radius 1 is 1.32 bits per heavy atom. The van der Waals surface area contributed by atoms with Crippen molar-refractivity contribution in [3.63, 3.8) is 0 Å². The van der Waals surface area contributed by atoms with E-state index in [9.17, 15) is 9.59 Å². The Labute approximate surface area is 115 Å². The minimum absolute atomic E-state index is 0.0361. The molecule has 0 radical (unpaired) electrons. The molecule has 0 saturated heterocycles. The van der Waals surface area contributed by atoms with Gasteiger partial charge in [0.1, 0.15) is 0 Å². The van der Waals surface area contributed by atoms with Crippen molar-refractivity contribution in [3.05, 3.63) is 57.5 Å². The van der Waals surface area contributed by atoms with E-state index in [1.807, 2.05) is 32.0 Å². The van der Waals surface area contributed by atoms with Crippen molar-refractivity contribution in [2.24, 2.45) is 0 Å². The molecule has 4 nitrogen and oxygen atoms in total. The number of thioether (sulfide) groups is 1. The van der Waals surface area contributed by atoms with Crippen LogP contribution in [0.25, 0.3) is 0 Å². The first kappa shape index (κ1) is 13.5. The lowest BCUT2D eigenvalue weighted by molar-refractivity contribution is 0.102. The van der Waals surface area contributed by atoms with Gasteiger partial charge < -0.3 is 4.98 Å². The van der Waals surface area contributed by atoms with Gasteiger partial charge in [-0.05, 0) is 19.4 Å². The average molecular weight is 274 g/mol. The molecule has 1 aromatic heterocycles. The van der Waals surface area contributed by atoms with Crippen molar-refractivity contribution < 1.29 is 4.79 Å². The van der Waals surface area contributed by atoms with Crippen molar-refractivity contribution in [1.29, 1.82) is 0 Å². The summed E-state index contributed by atoms with van der Waals surface area (Å²) in [6, 6.07) is 7.10. The van der Waals surface area contributed by atoms with Gasteiger partial charge in [-0.2, -0.15) is 0 Å². The van der Waals surface area contributed by atoms with Gasteiger partial charge in [-0.15, -0.1) is 0 Å². The number of carbonyl (C=O) groups excluding carboxylic acids is 1. The number of H-pyrrole nitrogens is 1. The fraction of sp³-hybridized carbons (Fsp3) is 0.214. The smallest absolute Gasteiger partial charge is 0.251 e. The first-order valence-corrected chi connectivity index (χ1v) is 6.83. The molecule has 0 atom stereocenters. The first-order chi connectivity index (χ1) is 9.06. The molecular formula is C14H14N2O2S. The summed E-state index contributed by atoms with van der Waals surface area (Å²) in [5, 5.41) is 0.464. The molecule has 0 fully saturated rings. The number of aromatic amines is 1. The van der Waals surface area contributed by atoms with E-state index < -0.39 is 0 Å². The molecule has 0 bridgehead atoms. The van der Waals surface area contributed by atoms with Gasteiger partial charge in [0.25, 0.3) is 5.56 Å². The van der Waals surface area contributed by atoms with Crippen LogP contribution < -0.4 is 5.56 Å². The minimum atomic E-state index is -0.212. The number of aromatic nitrogens is 2. The van der Waals surface area contributed by atoms with Crippen molar-refractivity contribution in [1.82, 2.24) is 9.97 Å². The summed E-state index contributed by atoms with van der Waals surface area (Å²) in [5.41, 5.74) is 2.61. The summed E-state index contributed by atoms with van der Waals surface area (Å²) < 4.78 is 0. The van der Waals surface area contributed by atoms with Gasteiger partial charge in [0.2, 0.25) is 0 Å². The van der Waals surface area contributed by atoms with E-state index in [1.54, 1.807) is 0 Å². The zero-order valence-corrected chi connectivity index (χ0v) is 11.6. The third-order valence-electron chi connectivity index (χ3n) is 2.67. The van der Waals surface area contributed by atoms with Crippen LogP contribution in [0.2, 0.25) is 0 Å². The zero-order valence-electron chi connectivity index (χ0n) is 10.8. The summed E-state index contributed by atoms with van der Waals surface area (Å²) in [6.45, 7) is 3.92. The van der Waals surface area contributed by atoms with Gasteiger partial charge in [-0.25, -0.2) is 4.98 Å². The summed E-state index contributed by atoms with van der Waals surface area (Å²) in [4.78, 5) is 29.8. The van der Waals surface area contributed by atoms with Gasteiger partial charge in [0, 0.05) is 17.8 Å². The molecule has 98 valence electrons. The Bertz CT molecular complexity index is 664. The molecule has 2 rings (SSSR count). The minimum Gasteiger partial charge on any atom is -0.301 e. The highest BCUT2D eigenvalue weighted by Crippen LogP contribution is 2.16. The standard InChI is InChI=1S/C14H14N2O2S/c1-9-3-4-11(10(2)7-9)12(17)8-19-14-15-6-5-13(18)16-14/h3-7H,8H2,1-2H3,(H,15,16,18). The summed E-state index contributed by atoms with van der Waals surface area (Å²) >= 11 is 1.23. The third-order valence-corrected chi connectivity index (χ3v) is 3.56. The van der Waals surface area contributed by atoms with E-state index in [4.69, 9.17) is 0 Å². The highest BCUT2D eigenvalue weighted by Gasteiger charge is 2.10. The lowest BCUT2D eigenvalue weighted by Crippen LogP contribution is -2.08. The van der Waals surface area contributed by atoms with Crippen LogP contribution in [0.4, 0.5) is 0 Å². The number of ketones is 1. The number of nitrogens with zero attached hydrogens (tertiary/aromatic N) is 1. The molecule has 5 heteroatoms. The number of hydrogen-bond acceptors (Lipinski definition) is 4. The molecule has 0 aliphatic carbocycles. The van der Waals surface area contributed by atoms with E-state index in [1.165, 1.54) is 24.0 Å². The fourth-order valence-electron chi connectivity index (χ4n) is 1.76. The van der Waals surface area contributed by atoms with Crippen molar-refractivity contribution in [2.75, 3.05) is 5.75 Å². The topological polar surface area (TPSA) is 62.8 Å². The predicted molar refractivity (Wildman–Crippen MR) is 75.8 cm³/mol. The lowest BCUT2D eigenvalue weighted by Gasteiger charge is -2.05. The first-order valence-electron chi connectivity index (χ1n) is 5.85. The Morgan fingerprint density at radius 2 is 2.11 bits per heavy atom. The molecule has 0 spiro atoms. The van der Waals surface area contributed by atoms with Gasteiger partial charge in [0.15, 0.2) is 10.9 Å². The number of benzene rings is 1. The normalized spacial score (nSPS) is 10.4. The van der Waals surface area contributed by atoms with E-state index >= 15 is 0 Å². The quantitative estimate of drug-likeness (QED) is 0.528. The Hall–Kier alpha value is -1.88. The number of Topliss-reactive ketones (excluding diaryl/α,β-unsaturated/α-hetero) is 1. The van der Waals surface area contributed by atoms with E-state index in [0.717, 1.165) is 16.7 Å². The maximum atomic E-state index is 12.1. The molecule has 0 saturated carbocycles. The molecule has 0 aliphatic rings. The number of rotatable bonds is 4. The molecule has 1 aromatic carbocycles. The molecule has 0 unspecified atom stereocenters. The Balaban J connectivity index is 2.07. The Morgan fingerprint density at radius 3 is 2.79 bits per heavy atom. The maximum Gasteiger partial charge on any atom is 0.251 e. The van der Waals surface area contributed by atoms with Gasteiger partial charge in [-0.1, -0.05) is 35.5 Å². The molecule has 19 heavy (non-hydrogen) atoms. The fourth-order valence-corrected chi connectivity index (χ4v) is 2.49.